The molecule has 0 bridgehead atoms. The number of morpholine rings is 1. The highest BCUT2D eigenvalue weighted by Crippen LogP contribution is 2.30. The molecule has 1 aliphatic heterocycles. The molecular formula is C24H28N6O3. The predicted octanol–water partition coefficient (Wildman–Crippen LogP) is 2.16. The Kier molecular flexibility index (Phi) is 7.11. The molecule has 3 heterocycles. The lowest BCUT2D eigenvalue weighted by Crippen LogP contribution is -2.46. The fourth-order valence-corrected chi connectivity index (χ4v) is 3.90. The van der Waals surface area contributed by atoms with Crippen molar-refractivity contribution in [3.8, 4) is 16.9 Å². The number of methoxy groups -OCH3 is 1. The van der Waals surface area contributed by atoms with E-state index in [4.69, 9.17) is 15.2 Å². The van der Waals surface area contributed by atoms with Crippen molar-refractivity contribution in [1.29, 1.82) is 0 Å². The number of carbonyl (C=O) groups excluding carboxylic acids is 1. The maximum Gasteiger partial charge on any atom is 0.236 e. The van der Waals surface area contributed by atoms with Gasteiger partial charge in [0.05, 0.1) is 32.5 Å². The summed E-state index contributed by atoms with van der Waals surface area (Å²) < 4.78 is 11.2. The van der Waals surface area contributed by atoms with Crippen LogP contribution in [0.5, 0.6) is 5.75 Å². The predicted molar refractivity (Wildman–Crippen MR) is 124 cm³/mol. The molecule has 2 N–H and O–H groups in total. The Balaban J connectivity index is 1.42. The number of nitrogens with zero attached hydrogens (tertiary/aromatic N) is 5. The summed E-state index contributed by atoms with van der Waals surface area (Å²) in [4.78, 5) is 29.6. The van der Waals surface area contributed by atoms with E-state index in [9.17, 15) is 4.79 Å². The first-order valence-electron chi connectivity index (χ1n) is 10.8. The van der Waals surface area contributed by atoms with Gasteiger partial charge in [0, 0.05) is 31.0 Å². The number of amides is 1. The van der Waals surface area contributed by atoms with Gasteiger partial charge in [0.1, 0.15) is 24.0 Å². The van der Waals surface area contributed by atoms with Crippen LogP contribution in [-0.2, 0) is 16.1 Å². The lowest BCUT2D eigenvalue weighted by molar-refractivity contribution is -0.140. The maximum atomic E-state index is 13.0. The van der Waals surface area contributed by atoms with Gasteiger partial charge in [-0.25, -0.2) is 15.0 Å². The molecule has 33 heavy (non-hydrogen) atoms. The Morgan fingerprint density at radius 1 is 1.27 bits per heavy atom. The molecule has 3 aromatic rings. The van der Waals surface area contributed by atoms with Gasteiger partial charge >= 0.3 is 0 Å². The molecule has 9 heteroatoms. The van der Waals surface area contributed by atoms with Crippen LogP contribution in [0.4, 0.5) is 5.82 Å². The average Bonchev–Trinajstić information content (AvgIpc) is 2.84. The minimum absolute atomic E-state index is 0.0584. The zero-order valence-electron chi connectivity index (χ0n) is 18.8. The van der Waals surface area contributed by atoms with Crippen LogP contribution >= 0.6 is 0 Å². The average molecular weight is 449 g/mol. The van der Waals surface area contributed by atoms with E-state index in [2.05, 4.69) is 15.0 Å². The number of aromatic nitrogens is 3. The number of anilines is 1. The van der Waals surface area contributed by atoms with Gasteiger partial charge in [-0.1, -0.05) is 12.1 Å². The van der Waals surface area contributed by atoms with Crippen molar-refractivity contribution >= 4 is 11.7 Å². The molecule has 1 aliphatic rings. The van der Waals surface area contributed by atoms with Gasteiger partial charge in [-0.15, -0.1) is 0 Å². The summed E-state index contributed by atoms with van der Waals surface area (Å²) in [7, 11) is 3.59. The Bertz CT molecular complexity index is 1090. The van der Waals surface area contributed by atoms with E-state index >= 15 is 0 Å². The molecular weight excluding hydrogens is 420 g/mol. The van der Waals surface area contributed by atoms with Crippen molar-refractivity contribution in [3.05, 3.63) is 66.4 Å². The number of nitrogen functional groups attached to an aromatic ring is 1. The molecule has 2 aromatic heterocycles. The van der Waals surface area contributed by atoms with Crippen molar-refractivity contribution in [3.63, 3.8) is 0 Å². The van der Waals surface area contributed by atoms with Crippen LogP contribution < -0.4 is 10.5 Å². The summed E-state index contributed by atoms with van der Waals surface area (Å²) >= 11 is 0. The number of rotatable bonds is 7. The second-order valence-corrected chi connectivity index (χ2v) is 8.01. The summed E-state index contributed by atoms with van der Waals surface area (Å²) in [5.41, 5.74) is 9.40. The molecule has 0 spiro atoms. The first-order valence-corrected chi connectivity index (χ1v) is 10.8. The van der Waals surface area contributed by atoms with E-state index in [0.717, 1.165) is 28.1 Å². The van der Waals surface area contributed by atoms with Gasteiger partial charge < -0.3 is 20.1 Å². The molecule has 0 aliphatic carbocycles. The van der Waals surface area contributed by atoms with Crippen LogP contribution in [0.3, 0.4) is 0 Å². The first kappa shape index (κ1) is 22.6. The fourth-order valence-electron chi connectivity index (χ4n) is 3.90. The van der Waals surface area contributed by atoms with E-state index in [0.29, 0.717) is 38.6 Å². The number of nitrogens with two attached hydrogens (primary N) is 1. The first-order chi connectivity index (χ1) is 16.0. The van der Waals surface area contributed by atoms with Crippen LogP contribution in [-0.4, -0.2) is 71.1 Å². The number of hydrogen-bond donors (Lipinski definition) is 1. The lowest BCUT2D eigenvalue weighted by atomic mass is 10.0. The van der Waals surface area contributed by atoms with Crippen LogP contribution in [0.15, 0.2) is 55.1 Å². The van der Waals surface area contributed by atoms with Gasteiger partial charge in [0.15, 0.2) is 0 Å². The number of ether oxygens (including phenoxy) is 2. The Hall–Kier alpha value is -3.56. The Morgan fingerprint density at radius 2 is 2.09 bits per heavy atom. The quantitative estimate of drug-likeness (QED) is 0.586. The molecule has 1 atom stereocenters. The summed E-state index contributed by atoms with van der Waals surface area (Å²) in [6.45, 7) is 2.41. The highest BCUT2D eigenvalue weighted by molar-refractivity contribution is 5.78. The number of hydrogen-bond acceptors (Lipinski definition) is 8. The largest absolute Gasteiger partial charge is 0.497 e. The van der Waals surface area contributed by atoms with Gasteiger partial charge in [-0.05, 0) is 42.4 Å². The van der Waals surface area contributed by atoms with Gasteiger partial charge in [0.2, 0.25) is 5.91 Å². The molecule has 172 valence electrons. The van der Waals surface area contributed by atoms with E-state index in [1.54, 1.807) is 25.6 Å². The van der Waals surface area contributed by atoms with Crippen LogP contribution in [0.2, 0.25) is 0 Å². The van der Waals surface area contributed by atoms with Crippen LogP contribution in [0.25, 0.3) is 11.1 Å². The Labute approximate surface area is 193 Å². The molecule has 1 unspecified atom stereocenters. The molecule has 0 saturated carbocycles. The van der Waals surface area contributed by atoms with E-state index in [1.807, 2.05) is 47.2 Å². The van der Waals surface area contributed by atoms with Gasteiger partial charge in [-0.2, -0.15) is 0 Å². The van der Waals surface area contributed by atoms with Crippen molar-refractivity contribution in [2.45, 2.75) is 12.6 Å². The standard InChI is InChI=1S/C24H28N6O3/c1-29(13-17-3-5-19(32-2)6-4-17)15-23(31)30-9-10-33-21(14-30)24-20(12-26-16-28-24)18-7-8-27-22(25)11-18/h3-8,11-12,16,21H,9-10,13-15H2,1-2H3,(H2,25,27). The molecule has 1 amide bonds. The Morgan fingerprint density at radius 3 is 2.85 bits per heavy atom. The SMILES string of the molecule is COc1ccc(CN(C)CC(=O)N2CCOC(c3ncncc3-c3ccnc(N)c3)C2)cc1. The third-order valence-corrected chi connectivity index (χ3v) is 5.58. The van der Waals surface area contributed by atoms with Crippen molar-refractivity contribution in [1.82, 2.24) is 24.8 Å². The lowest BCUT2D eigenvalue weighted by Gasteiger charge is -2.34. The monoisotopic (exact) mass is 448 g/mol. The topological polar surface area (TPSA) is 107 Å². The molecule has 9 nitrogen and oxygen atoms in total. The molecule has 1 saturated heterocycles. The van der Waals surface area contributed by atoms with Crippen LogP contribution in [0, 0.1) is 0 Å². The zero-order valence-corrected chi connectivity index (χ0v) is 18.8. The van der Waals surface area contributed by atoms with E-state index in [-0.39, 0.29) is 12.0 Å². The summed E-state index contributed by atoms with van der Waals surface area (Å²) in [5, 5.41) is 0. The molecule has 1 aromatic carbocycles. The molecule has 0 radical (unpaired) electrons. The van der Waals surface area contributed by atoms with Crippen molar-refractivity contribution in [2.24, 2.45) is 0 Å². The zero-order chi connectivity index (χ0) is 23.2. The van der Waals surface area contributed by atoms with Crippen molar-refractivity contribution < 1.29 is 14.3 Å². The number of pyridine rings is 1. The number of carbonyl (C=O) groups is 1. The minimum atomic E-state index is -0.345. The number of likely N-dealkylation sites (N-methyl/N-ethyl adjacent to an activating group) is 1. The van der Waals surface area contributed by atoms with Gasteiger partial charge in [-0.3, -0.25) is 9.69 Å². The number of benzene rings is 1. The van der Waals surface area contributed by atoms with E-state index < -0.39 is 0 Å². The molecule has 1 fully saturated rings. The highest BCUT2D eigenvalue weighted by atomic mass is 16.5. The van der Waals surface area contributed by atoms with E-state index in [1.165, 1.54) is 6.33 Å². The second-order valence-electron chi connectivity index (χ2n) is 8.01. The maximum absolute atomic E-state index is 13.0. The normalized spacial score (nSPS) is 16.1. The summed E-state index contributed by atoms with van der Waals surface area (Å²) in [5.74, 6) is 1.29. The fraction of sp³-hybridized carbons (Fsp3) is 0.333. The highest BCUT2D eigenvalue weighted by Gasteiger charge is 2.28. The summed E-state index contributed by atoms with van der Waals surface area (Å²) in [6, 6.07) is 11.5. The second kappa shape index (κ2) is 10.4. The third-order valence-electron chi connectivity index (χ3n) is 5.58. The summed E-state index contributed by atoms with van der Waals surface area (Å²) in [6.07, 6.45) is 4.54. The van der Waals surface area contributed by atoms with Gasteiger partial charge in [0.25, 0.3) is 0 Å². The molecule has 4 rings (SSSR count). The van der Waals surface area contributed by atoms with Crippen molar-refractivity contribution in [2.75, 3.05) is 46.1 Å². The minimum Gasteiger partial charge on any atom is -0.497 e. The third kappa shape index (κ3) is 5.63. The van der Waals surface area contributed by atoms with Crippen LogP contribution in [0.1, 0.15) is 17.4 Å². The smallest absolute Gasteiger partial charge is 0.236 e.